The van der Waals surface area contributed by atoms with Crippen molar-refractivity contribution in [1.82, 2.24) is 0 Å². The molecule has 0 amide bonds. The Bertz CT molecular complexity index is 332. The molecule has 0 aromatic heterocycles. The van der Waals surface area contributed by atoms with Crippen molar-refractivity contribution in [3.05, 3.63) is 40.0 Å². The molecule has 0 unspecified atom stereocenters. The number of benzene rings is 1. The van der Waals surface area contributed by atoms with Gasteiger partial charge in [0.05, 0.1) is 0 Å². The Balaban J connectivity index is 2.45. The first-order chi connectivity index (χ1) is 6.68. The highest BCUT2D eigenvalue weighted by Crippen LogP contribution is 2.22. The predicted octanol–water partition coefficient (Wildman–Crippen LogP) is 3.69. The van der Waals surface area contributed by atoms with E-state index in [-0.39, 0.29) is 5.78 Å². The molecule has 0 aliphatic heterocycles. The summed E-state index contributed by atoms with van der Waals surface area (Å²) in [5, 5.41) is 0. The van der Waals surface area contributed by atoms with Crippen LogP contribution >= 0.6 is 34.4 Å². The Morgan fingerprint density at radius 2 is 2.07 bits per heavy atom. The van der Waals surface area contributed by atoms with Gasteiger partial charge in [-0.25, -0.2) is 0 Å². The number of thioether (sulfide) groups is 1. The van der Waals surface area contributed by atoms with E-state index in [1.165, 1.54) is 4.90 Å². The molecule has 0 aliphatic rings. The third kappa shape index (κ3) is 4.81. The van der Waals surface area contributed by atoms with Gasteiger partial charge in [0.15, 0.2) is 5.78 Å². The number of rotatable bonds is 4. The maximum absolute atomic E-state index is 10.8. The summed E-state index contributed by atoms with van der Waals surface area (Å²) < 4.78 is 1.09. The van der Waals surface area contributed by atoms with Gasteiger partial charge in [0.2, 0.25) is 0 Å². The second kappa shape index (κ2) is 6.24. The lowest BCUT2D eigenvalue weighted by Crippen LogP contribution is -1.85. The maximum Gasteiger partial charge on any atom is 0.153 e. The third-order valence-electron chi connectivity index (χ3n) is 1.48. The molecule has 1 nitrogen and oxygen atoms in total. The van der Waals surface area contributed by atoms with Crippen LogP contribution in [-0.2, 0) is 4.79 Å². The van der Waals surface area contributed by atoms with E-state index in [9.17, 15) is 4.79 Å². The number of carbonyl (C=O) groups excluding carboxylic acids is 1. The lowest BCUT2D eigenvalue weighted by Gasteiger charge is -1.99. The van der Waals surface area contributed by atoms with Crippen molar-refractivity contribution in [3.8, 4) is 0 Å². The van der Waals surface area contributed by atoms with Crippen molar-refractivity contribution in [2.45, 2.75) is 11.8 Å². The minimum atomic E-state index is 0.114. The van der Waals surface area contributed by atoms with Crippen molar-refractivity contribution in [1.29, 1.82) is 0 Å². The van der Waals surface area contributed by atoms with E-state index in [0.29, 0.717) is 0 Å². The standard InChI is InChI=1S/C11H11IOS/c1-9(13)7-10(12)8-14-11-5-3-2-4-6-11/h2-7H,8H2,1H3/b10-7-. The second-order valence-corrected chi connectivity index (χ2v) is 5.24. The lowest BCUT2D eigenvalue weighted by atomic mass is 10.4. The van der Waals surface area contributed by atoms with Crippen LogP contribution < -0.4 is 0 Å². The fourth-order valence-electron chi connectivity index (χ4n) is 0.931. The predicted molar refractivity (Wildman–Crippen MR) is 70.0 cm³/mol. The molecule has 0 N–H and O–H groups in total. The van der Waals surface area contributed by atoms with Gasteiger partial charge in [-0.05, 0) is 47.7 Å². The van der Waals surface area contributed by atoms with E-state index in [1.807, 2.05) is 18.2 Å². The van der Waals surface area contributed by atoms with E-state index in [0.717, 1.165) is 9.33 Å². The molecule has 14 heavy (non-hydrogen) atoms. The molecule has 74 valence electrons. The smallest absolute Gasteiger partial charge is 0.153 e. The Hall–Kier alpha value is -0.290. The van der Waals surface area contributed by atoms with Crippen LogP contribution in [0.25, 0.3) is 0 Å². The highest BCUT2D eigenvalue weighted by atomic mass is 127. The largest absolute Gasteiger partial charge is 0.295 e. The first-order valence-corrected chi connectivity index (χ1v) is 6.29. The monoisotopic (exact) mass is 318 g/mol. The molecular weight excluding hydrogens is 307 g/mol. The van der Waals surface area contributed by atoms with Crippen LogP contribution in [-0.4, -0.2) is 11.5 Å². The number of hydrogen-bond acceptors (Lipinski definition) is 2. The van der Waals surface area contributed by atoms with Gasteiger partial charge in [0.1, 0.15) is 0 Å². The van der Waals surface area contributed by atoms with Gasteiger partial charge >= 0.3 is 0 Å². The fraction of sp³-hybridized carbons (Fsp3) is 0.182. The maximum atomic E-state index is 10.8. The van der Waals surface area contributed by atoms with E-state index in [2.05, 4.69) is 34.7 Å². The molecule has 1 aromatic carbocycles. The summed E-state index contributed by atoms with van der Waals surface area (Å²) >= 11 is 3.95. The highest BCUT2D eigenvalue weighted by Gasteiger charge is 1.96. The number of hydrogen-bond donors (Lipinski definition) is 0. The summed E-state index contributed by atoms with van der Waals surface area (Å²) in [6.45, 7) is 1.58. The van der Waals surface area contributed by atoms with Crippen molar-refractivity contribution in [3.63, 3.8) is 0 Å². The second-order valence-electron chi connectivity index (χ2n) is 2.80. The van der Waals surface area contributed by atoms with Crippen molar-refractivity contribution < 1.29 is 4.79 Å². The molecule has 1 aromatic rings. The Morgan fingerprint density at radius 3 is 2.64 bits per heavy atom. The average molecular weight is 318 g/mol. The van der Waals surface area contributed by atoms with E-state index >= 15 is 0 Å². The van der Waals surface area contributed by atoms with Gasteiger partial charge < -0.3 is 0 Å². The molecule has 0 atom stereocenters. The van der Waals surface area contributed by atoms with Gasteiger partial charge in [0, 0.05) is 14.2 Å². The Kier molecular flexibility index (Phi) is 5.25. The van der Waals surface area contributed by atoms with Crippen molar-refractivity contribution in [2.24, 2.45) is 0 Å². The fourth-order valence-corrected chi connectivity index (χ4v) is 2.57. The Morgan fingerprint density at radius 1 is 1.43 bits per heavy atom. The number of ketones is 1. The lowest BCUT2D eigenvalue weighted by molar-refractivity contribution is -0.112. The zero-order valence-corrected chi connectivity index (χ0v) is 10.8. The quantitative estimate of drug-likeness (QED) is 0.478. The summed E-state index contributed by atoms with van der Waals surface area (Å²) in [5.74, 6) is 0.979. The van der Waals surface area contributed by atoms with Gasteiger partial charge in [-0.15, -0.1) is 11.8 Å². The molecule has 0 bridgehead atoms. The third-order valence-corrected chi connectivity index (χ3v) is 3.75. The summed E-state index contributed by atoms with van der Waals surface area (Å²) in [6.07, 6.45) is 1.68. The first kappa shape index (κ1) is 11.8. The van der Waals surface area contributed by atoms with Crippen LogP contribution in [0.3, 0.4) is 0 Å². The summed E-state index contributed by atoms with van der Waals surface area (Å²) in [5.41, 5.74) is 0. The molecule has 3 heteroatoms. The topological polar surface area (TPSA) is 17.1 Å². The van der Waals surface area contributed by atoms with Crippen LogP contribution in [0.2, 0.25) is 0 Å². The zero-order valence-electron chi connectivity index (χ0n) is 7.87. The molecular formula is C11H11IOS. The van der Waals surface area contributed by atoms with Gasteiger partial charge in [-0.1, -0.05) is 18.2 Å². The number of halogens is 1. The molecule has 0 saturated heterocycles. The minimum absolute atomic E-state index is 0.114. The minimum Gasteiger partial charge on any atom is -0.295 e. The molecule has 0 aliphatic carbocycles. The van der Waals surface area contributed by atoms with Crippen molar-refractivity contribution >= 4 is 40.1 Å². The number of allylic oxidation sites excluding steroid dienone is 1. The normalized spacial score (nSPS) is 11.4. The highest BCUT2D eigenvalue weighted by molar-refractivity contribution is 14.1. The molecule has 0 saturated carbocycles. The number of carbonyl (C=O) groups is 1. The SMILES string of the molecule is CC(=O)/C=C(\I)CSc1ccccc1. The Labute approximate surface area is 102 Å². The van der Waals surface area contributed by atoms with Gasteiger partial charge in [-0.2, -0.15) is 0 Å². The van der Waals surface area contributed by atoms with Crippen LogP contribution in [0.5, 0.6) is 0 Å². The summed E-state index contributed by atoms with van der Waals surface area (Å²) in [7, 11) is 0. The van der Waals surface area contributed by atoms with Crippen molar-refractivity contribution in [2.75, 3.05) is 5.75 Å². The van der Waals surface area contributed by atoms with E-state index < -0.39 is 0 Å². The molecule has 1 rings (SSSR count). The summed E-state index contributed by atoms with van der Waals surface area (Å²) in [4.78, 5) is 12.0. The molecule has 0 spiro atoms. The molecule has 0 heterocycles. The molecule has 0 fully saturated rings. The van der Waals surface area contributed by atoms with E-state index in [1.54, 1.807) is 24.8 Å². The van der Waals surface area contributed by atoms with Gasteiger partial charge in [-0.3, -0.25) is 4.79 Å². The van der Waals surface area contributed by atoms with Crippen LogP contribution in [0.1, 0.15) is 6.92 Å². The van der Waals surface area contributed by atoms with Crippen LogP contribution in [0.15, 0.2) is 44.9 Å². The first-order valence-electron chi connectivity index (χ1n) is 4.23. The zero-order chi connectivity index (χ0) is 10.4. The average Bonchev–Trinajstić information content (AvgIpc) is 2.15. The van der Waals surface area contributed by atoms with Crippen LogP contribution in [0, 0.1) is 0 Å². The van der Waals surface area contributed by atoms with Gasteiger partial charge in [0.25, 0.3) is 0 Å². The molecule has 0 radical (unpaired) electrons. The summed E-state index contributed by atoms with van der Waals surface area (Å²) in [6, 6.07) is 10.2. The van der Waals surface area contributed by atoms with Crippen LogP contribution in [0.4, 0.5) is 0 Å². The van der Waals surface area contributed by atoms with E-state index in [4.69, 9.17) is 0 Å².